The van der Waals surface area contributed by atoms with Crippen molar-refractivity contribution in [1.29, 1.82) is 0 Å². The largest absolute Gasteiger partial charge is 0.359 e. The van der Waals surface area contributed by atoms with E-state index in [-0.39, 0.29) is 15.7 Å². The summed E-state index contributed by atoms with van der Waals surface area (Å²) >= 11 is 0. The molecule has 3 aromatic rings. The molecule has 0 fully saturated rings. The van der Waals surface area contributed by atoms with Gasteiger partial charge >= 0.3 is 0 Å². The van der Waals surface area contributed by atoms with Crippen molar-refractivity contribution in [2.45, 2.75) is 9.79 Å². The van der Waals surface area contributed by atoms with Crippen LogP contribution >= 0.6 is 0 Å². The molecule has 7 heteroatoms. The van der Waals surface area contributed by atoms with Crippen LogP contribution in [-0.2, 0) is 9.84 Å². The van der Waals surface area contributed by atoms with Gasteiger partial charge in [-0.15, -0.1) is 0 Å². The maximum atomic E-state index is 13.0. The Hall–Kier alpha value is -2.67. The van der Waals surface area contributed by atoms with Crippen LogP contribution < -0.4 is 5.32 Å². The molecule has 0 aliphatic heterocycles. The summed E-state index contributed by atoms with van der Waals surface area (Å²) in [6, 6.07) is 9.46. The van der Waals surface area contributed by atoms with Crippen molar-refractivity contribution < 1.29 is 17.6 Å². The van der Waals surface area contributed by atoms with Crippen LogP contribution in [0.1, 0.15) is 10.4 Å². The summed E-state index contributed by atoms with van der Waals surface area (Å²) < 4.78 is 38.5. The zero-order chi connectivity index (χ0) is 16.6. The van der Waals surface area contributed by atoms with Gasteiger partial charge in [0.25, 0.3) is 5.91 Å². The number of carbonyl (C=O) groups is 1. The number of H-pyrrole nitrogens is 1. The molecule has 2 N–H and O–H groups in total. The average Bonchev–Trinajstić information content (AvgIpc) is 2.99. The van der Waals surface area contributed by atoms with Gasteiger partial charge in [-0.25, -0.2) is 12.8 Å². The monoisotopic (exact) mass is 332 g/mol. The summed E-state index contributed by atoms with van der Waals surface area (Å²) in [6.07, 6.45) is 1.34. The minimum atomic E-state index is -3.82. The van der Waals surface area contributed by atoms with Crippen LogP contribution in [0.15, 0.2) is 58.5 Å². The molecule has 0 spiro atoms. The van der Waals surface area contributed by atoms with Crippen molar-refractivity contribution in [1.82, 2.24) is 10.3 Å². The van der Waals surface area contributed by atoms with Gasteiger partial charge in [-0.2, -0.15) is 0 Å². The number of amides is 1. The molecule has 118 valence electrons. The Morgan fingerprint density at radius 2 is 1.83 bits per heavy atom. The Morgan fingerprint density at radius 3 is 2.48 bits per heavy atom. The maximum Gasteiger partial charge on any atom is 0.253 e. The quantitative estimate of drug-likeness (QED) is 0.723. The minimum Gasteiger partial charge on any atom is -0.359 e. The highest BCUT2D eigenvalue weighted by Crippen LogP contribution is 2.30. The Kier molecular flexibility index (Phi) is 3.65. The smallest absolute Gasteiger partial charge is 0.253 e. The fourth-order valence-corrected chi connectivity index (χ4v) is 3.84. The normalized spacial score (nSPS) is 11.6. The summed E-state index contributed by atoms with van der Waals surface area (Å²) in [6.45, 7) is 0. The molecule has 0 bridgehead atoms. The molecule has 0 aliphatic carbocycles. The second-order valence-electron chi connectivity index (χ2n) is 4.92. The summed E-state index contributed by atoms with van der Waals surface area (Å²) in [5.74, 6) is -0.826. The average molecular weight is 332 g/mol. The highest BCUT2D eigenvalue weighted by Gasteiger charge is 2.23. The second kappa shape index (κ2) is 5.51. The van der Waals surface area contributed by atoms with E-state index in [1.54, 1.807) is 18.2 Å². The molecule has 0 atom stereocenters. The number of nitrogens with one attached hydrogen (secondary N) is 2. The van der Waals surface area contributed by atoms with Crippen LogP contribution in [0.3, 0.4) is 0 Å². The van der Waals surface area contributed by atoms with E-state index in [0.717, 1.165) is 12.1 Å². The van der Waals surface area contributed by atoms with E-state index in [1.165, 1.54) is 25.4 Å². The van der Waals surface area contributed by atoms with E-state index in [4.69, 9.17) is 0 Å². The first-order valence-electron chi connectivity index (χ1n) is 6.78. The number of sulfone groups is 1. The molecular formula is C16H13FN2O3S. The predicted octanol–water partition coefficient (Wildman–Crippen LogP) is 2.50. The van der Waals surface area contributed by atoms with E-state index in [2.05, 4.69) is 10.3 Å². The molecular weight excluding hydrogens is 319 g/mol. The number of hydrogen-bond acceptors (Lipinski definition) is 3. The zero-order valence-electron chi connectivity index (χ0n) is 12.1. The first kappa shape index (κ1) is 15.2. The van der Waals surface area contributed by atoms with Crippen LogP contribution in [0.4, 0.5) is 4.39 Å². The third-order valence-corrected chi connectivity index (χ3v) is 5.37. The Labute approximate surface area is 132 Å². The highest BCUT2D eigenvalue weighted by atomic mass is 32.2. The van der Waals surface area contributed by atoms with Crippen molar-refractivity contribution in [3.63, 3.8) is 0 Å². The van der Waals surface area contributed by atoms with Gasteiger partial charge in [-0.1, -0.05) is 12.1 Å². The van der Waals surface area contributed by atoms with E-state index >= 15 is 0 Å². The molecule has 1 heterocycles. The molecule has 0 unspecified atom stereocenters. The highest BCUT2D eigenvalue weighted by molar-refractivity contribution is 7.91. The van der Waals surface area contributed by atoms with E-state index < -0.39 is 15.7 Å². The maximum absolute atomic E-state index is 13.0. The van der Waals surface area contributed by atoms with Crippen LogP contribution in [-0.4, -0.2) is 26.4 Å². The number of fused-ring (bicyclic) bond motifs is 1. The lowest BCUT2D eigenvalue weighted by atomic mass is 10.1. The zero-order valence-corrected chi connectivity index (χ0v) is 12.9. The van der Waals surface area contributed by atoms with E-state index in [1.807, 2.05) is 0 Å². The summed E-state index contributed by atoms with van der Waals surface area (Å²) in [7, 11) is -2.32. The summed E-state index contributed by atoms with van der Waals surface area (Å²) in [5.41, 5.74) is 0.790. The first-order chi connectivity index (χ1) is 10.9. The number of benzene rings is 2. The third-order valence-electron chi connectivity index (χ3n) is 3.56. The van der Waals surface area contributed by atoms with Crippen LogP contribution in [0.2, 0.25) is 0 Å². The van der Waals surface area contributed by atoms with E-state index in [9.17, 15) is 17.6 Å². The molecule has 0 saturated carbocycles. The fraction of sp³-hybridized carbons (Fsp3) is 0.0625. The van der Waals surface area contributed by atoms with Crippen molar-refractivity contribution in [3.05, 3.63) is 60.0 Å². The standard InChI is InChI=1S/C16H13FN2O3S/c1-18-16(20)13-4-2-3-12-14(9-19-15(12)13)23(21,22)11-7-5-10(17)6-8-11/h2-9,19H,1H3,(H,18,20). The molecule has 5 nitrogen and oxygen atoms in total. The van der Waals surface area contributed by atoms with Crippen LogP contribution in [0, 0.1) is 5.82 Å². The number of aromatic nitrogens is 1. The lowest BCUT2D eigenvalue weighted by Gasteiger charge is -2.04. The van der Waals surface area contributed by atoms with Crippen LogP contribution in [0.25, 0.3) is 10.9 Å². The molecule has 0 radical (unpaired) electrons. The molecule has 2 aromatic carbocycles. The Bertz CT molecular complexity index is 992. The van der Waals surface area contributed by atoms with Crippen molar-refractivity contribution >= 4 is 26.6 Å². The van der Waals surface area contributed by atoms with E-state index in [0.29, 0.717) is 16.5 Å². The SMILES string of the molecule is CNC(=O)c1cccc2c(S(=O)(=O)c3ccc(F)cc3)c[nH]c12. The lowest BCUT2D eigenvalue weighted by molar-refractivity contribution is 0.0964. The molecule has 3 rings (SSSR count). The van der Waals surface area contributed by atoms with Crippen molar-refractivity contribution in [2.24, 2.45) is 0 Å². The number of hydrogen-bond donors (Lipinski definition) is 2. The molecule has 0 saturated heterocycles. The van der Waals surface area contributed by atoms with Gasteiger partial charge in [-0.3, -0.25) is 4.79 Å². The molecule has 1 amide bonds. The lowest BCUT2D eigenvalue weighted by Crippen LogP contribution is -2.18. The number of para-hydroxylation sites is 1. The van der Waals surface area contributed by atoms with Gasteiger partial charge in [0.15, 0.2) is 0 Å². The predicted molar refractivity (Wildman–Crippen MR) is 83.5 cm³/mol. The molecule has 23 heavy (non-hydrogen) atoms. The topological polar surface area (TPSA) is 79.0 Å². The number of rotatable bonds is 3. The van der Waals surface area contributed by atoms with Crippen LogP contribution in [0.5, 0.6) is 0 Å². The van der Waals surface area contributed by atoms with Crippen molar-refractivity contribution in [2.75, 3.05) is 7.05 Å². The summed E-state index contributed by atoms with van der Waals surface area (Å²) in [4.78, 5) is 14.8. The number of aromatic amines is 1. The summed E-state index contributed by atoms with van der Waals surface area (Å²) in [5, 5.41) is 2.92. The second-order valence-corrected chi connectivity index (χ2v) is 6.84. The van der Waals surface area contributed by atoms with Gasteiger partial charge in [0.2, 0.25) is 9.84 Å². The molecule has 1 aromatic heterocycles. The van der Waals surface area contributed by atoms with Gasteiger partial charge in [0, 0.05) is 18.6 Å². The minimum absolute atomic E-state index is 0.00912. The van der Waals surface area contributed by atoms with Gasteiger partial charge < -0.3 is 10.3 Å². The Morgan fingerprint density at radius 1 is 1.13 bits per heavy atom. The van der Waals surface area contributed by atoms with Crippen molar-refractivity contribution in [3.8, 4) is 0 Å². The Balaban J connectivity index is 2.21. The third kappa shape index (κ3) is 2.49. The van der Waals surface area contributed by atoms with Gasteiger partial charge in [0.1, 0.15) is 5.82 Å². The number of halogens is 1. The van der Waals surface area contributed by atoms with Gasteiger partial charge in [-0.05, 0) is 30.3 Å². The van der Waals surface area contributed by atoms with Gasteiger partial charge in [0.05, 0.1) is 20.9 Å². The molecule has 0 aliphatic rings. The first-order valence-corrected chi connectivity index (χ1v) is 8.26. The fourth-order valence-electron chi connectivity index (χ4n) is 2.42. The number of carbonyl (C=O) groups excluding carboxylic acids is 1.